The van der Waals surface area contributed by atoms with Gasteiger partial charge < -0.3 is 14.2 Å². The smallest absolute Gasteiger partial charge is 0.290 e. The minimum absolute atomic E-state index is 0.0365. The normalized spacial score (nSPS) is 10.6. The molecule has 0 radical (unpaired) electrons. The van der Waals surface area contributed by atoms with E-state index in [-0.39, 0.29) is 22.7 Å². The summed E-state index contributed by atoms with van der Waals surface area (Å²) in [6.07, 6.45) is 1.64. The van der Waals surface area contributed by atoms with Gasteiger partial charge in [-0.15, -0.1) is 0 Å². The number of methoxy groups -OCH3 is 2. The summed E-state index contributed by atoms with van der Waals surface area (Å²) in [5, 5.41) is 10.6. The number of fused-ring (bicyclic) bond motifs is 1. The number of hydrogen-bond donors (Lipinski definition) is 0. The van der Waals surface area contributed by atoms with Gasteiger partial charge >= 0.3 is 0 Å². The molecule has 0 aliphatic carbocycles. The molecule has 3 aromatic rings. The van der Waals surface area contributed by atoms with Crippen LogP contribution in [-0.2, 0) is 0 Å². The van der Waals surface area contributed by atoms with Crippen LogP contribution in [0, 0.1) is 21.7 Å². The molecular formula is C15H10F2N4O5. The van der Waals surface area contributed by atoms with Crippen molar-refractivity contribution in [3.8, 4) is 23.3 Å². The highest BCUT2D eigenvalue weighted by Gasteiger charge is 2.20. The van der Waals surface area contributed by atoms with Crippen molar-refractivity contribution in [2.24, 2.45) is 0 Å². The standard InChI is InChI=1S/C15H10F2N4O5/c1-24-11-4-10-12(20-15(11)25-2)13(9(17)6-18-10)26-14-8(16)3-7(5-19-14)21(22)23/h3-6H,1-2H3. The second-order valence-corrected chi connectivity index (χ2v) is 4.84. The first kappa shape index (κ1) is 17.2. The zero-order valence-electron chi connectivity index (χ0n) is 13.4. The maximum Gasteiger partial charge on any atom is 0.290 e. The van der Waals surface area contributed by atoms with Gasteiger partial charge in [0.1, 0.15) is 11.7 Å². The molecule has 0 aliphatic heterocycles. The number of nitrogens with zero attached hydrogens (tertiary/aromatic N) is 4. The van der Waals surface area contributed by atoms with Crippen LogP contribution in [0.25, 0.3) is 11.0 Å². The van der Waals surface area contributed by atoms with E-state index >= 15 is 0 Å². The number of halogens is 2. The van der Waals surface area contributed by atoms with Gasteiger partial charge in [0.15, 0.2) is 23.1 Å². The van der Waals surface area contributed by atoms with E-state index in [9.17, 15) is 18.9 Å². The Hall–Kier alpha value is -3.63. The number of rotatable bonds is 5. The van der Waals surface area contributed by atoms with Crippen molar-refractivity contribution in [2.45, 2.75) is 0 Å². The highest BCUT2D eigenvalue weighted by molar-refractivity contribution is 5.83. The number of pyridine rings is 3. The summed E-state index contributed by atoms with van der Waals surface area (Å²) in [4.78, 5) is 21.3. The largest absolute Gasteiger partial charge is 0.491 e. The zero-order chi connectivity index (χ0) is 18.8. The molecule has 26 heavy (non-hydrogen) atoms. The third-order valence-corrected chi connectivity index (χ3v) is 3.30. The van der Waals surface area contributed by atoms with Crippen molar-refractivity contribution in [2.75, 3.05) is 14.2 Å². The van der Waals surface area contributed by atoms with Gasteiger partial charge in [-0.1, -0.05) is 0 Å². The number of aromatic nitrogens is 3. The molecular weight excluding hydrogens is 354 g/mol. The Morgan fingerprint density at radius 1 is 1.04 bits per heavy atom. The number of hydrogen-bond acceptors (Lipinski definition) is 8. The molecule has 0 bridgehead atoms. The molecule has 0 N–H and O–H groups in total. The van der Waals surface area contributed by atoms with Crippen molar-refractivity contribution >= 4 is 16.7 Å². The summed E-state index contributed by atoms with van der Waals surface area (Å²) in [7, 11) is 2.73. The minimum atomic E-state index is -1.14. The summed E-state index contributed by atoms with van der Waals surface area (Å²) in [5.41, 5.74) is -0.442. The minimum Gasteiger partial charge on any atom is -0.491 e. The third-order valence-electron chi connectivity index (χ3n) is 3.30. The topological polar surface area (TPSA) is 110 Å². The molecule has 134 valence electrons. The average molecular weight is 364 g/mol. The summed E-state index contributed by atoms with van der Waals surface area (Å²) in [5.74, 6) is -2.89. The van der Waals surface area contributed by atoms with Crippen LogP contribution in [-0.4, -0.2) is 34.1 Å². The van der Waals surface area contributed by atoms with E-state index in [1.165, 1.54) is 20.3 Å². The lowest BCUT2D eigenvalue weighted by atomic mass is 10.3. The molecule has 9 nitrogen and oxygen atoms in total. The van der Waals surface area contributed by atoms with Crippen LogP contribution in [0.15, 0.2) is 24.5 Å². The van der Waals surface area contributed by atoms with Gasteiger partial charge in [-0.2, -0.15) is 0 Å². The molecule has 0 aromatic carbocycles. The van der Waals surface area contributed by atoms with E-state index in [1.807, 2.05) is 0 Å². The van der Waals surface area contributed by atoms with Crippen molar-refractivity contribution < 1.29 is 27.9 Å². The van der Waals surface area contributed by atoms with E-state index in [1.54, 1.807) is 0 Å². The van der Waals surface area contributed by atoms with Crippen LogP contribution < -0.4 is 14.2 Å². The SMILES string of the molecule is COc1cc2ncc(F)c(Oc3ncc([N+](=O)[O-])cc3F)c2nc1OC. The summed E-state index contributed by atoms with van der Waals surface area (Å²) in [6, 6.07) is 2.05. The molecule has 3 rings (SSSR count). The molecule has 0 aliphatic rings. The van der Waals surface area contributed by atoms with E-state index in [0.717, 1.165) is 12.4 Å². The van der Waals surface area contributed by atoms with Gasteiger partial charge in [0, 0.05) is 6.07 Å². The Labute approximate surface area is 144 Å². The van der Waals surface area contributed by atoms with E-state index in [4.69, 9.17) is 14.2 Å². The first-order valence-electron chi connectivity index (χ1n) is 6.99. The molecule has 0 saturated carbocycles. The van der Waals surface area contributed by atoms with E-state index in [2.05, 4.69) is 15.0 Å². The Balaban J connectivity index is 2.12. The lowest BCUT2D eigenvalue weighted by Gasteiger charge is -2.11. The van der Waals surface area contributed by atoms with E-state index < -0.39 is 33.9 Å². The molecule has 0 atom stereocenters. The fraction of sp³-hybridized carbons (Fsp3) is 0.133. The van der Waals surface area contributed by atoms with Crippen molar-refractivity contribution in [1.29, 1.82) is 0 Å². The quantitative estimate of drug-likeness (QED) is 0.502. The third kappa shape index (κ3) is 3.01. The van der Waals surface area contributed by atoms with Crippen LogP contribution in [0.5, 0.6) is 23.3 Å². The Morgan fingerprint density at radius 2 is 1.81 bits per heavy atom. The molecule has 0 unspecified atom stereocenters. The second-order valence-electron chi connectivity index (χ2n) is 4.84. The highest BCUT2D eigenvalue weighted by atomic mass is 19.1. The number of nitro groups is 1. The monoisotopic (exact) mass is 364 g/mol. The maximum atomic E-state index is 14.2. The second kappa shape index (κ2) is 6.70. The Kier molecular flexibility index (Phi) is 4.43. The van der Waals surface area contributed by atoms with Gasteiger partial charge in [-0.3, -0.25) is 15.1 Å². The fourth-order valence-electron chi connectivity index (χ4n) is 2.11. The molecule has 3 aromatic heterocycles. The number of ether oxygens (including phenoxy) is 3. The summed E-state index contributed by atoms with van der Waals surface area (Å²) >= 11 is 0. The zero-order valence-corrected chi connectivity index (χ0v) is 13.4. The van der Waals surface area contributed by atoms with Crippen LogP contribution in [0.4, 0.5) is 14.5 Å². The first-order valence-corrected chi connectivity index (χ1v) is 6.99. The molecule has 3 heterocycles. The summed E-state index contributed by atoms with van der Waals surface area (Å²) in [6.45, 7) is 0. The maximum absolute atomic E-state index is 14.2. The van der Waals surface area contributed by atoms with Crippen LogP contribution in [0.2, 0.25) is 0 Å². The van der Waals surface area contributed by atoms with Crippen molar-refractivity contribution in [3.05, 3.63) is 46.3 Å². The highest BCUT2D eigenvalue weighted by Crippen LogP contribution is 2.36. The van der Waals surface area contributed by atoms with Crippen LogP contribution in [0.3, 0.4) is 0 Å². The first-order chi connectivity index (χ1) is 12.4. The predicted molar refractivity (Wildman–Crippen MR) is 83.5 cm³/mol. The fourth-order valence-corrected chi connectivity index (χ4v) is 2.11. The molecule has 0 amide bonds. The average Bonchev–Trinajstić information content (AvgIpc) is 2.64. The molecule has 0 saturated heterocycles. The molecule has 11 heteroatoms. The summed E-state index contributed by atoms with van der Waals surface area (Å²) < 4.78 is 43.5. The van der Waals surface area contributed by atoms with Crippen molar-refractivity contribution in [1.82, 2.24) is 15.0 Å². The molecule has 0 spiro atoms. The van der Waals surface area contributed by atoms with Gasteiger partial charge in [0.25, 0.3) is 17.4 Å². The van der Waals surface area contributed by atoms with Crippen LogP contribution >= 0.6 is 0 Å². The lowest BCUT2D eigenvalue weighted by Crippen LogP contribution is -2.01. The van der Waals surface area contributed by atoms with E-state index in [0.29, 0.717) is 6.07 Å². The van der Waals surface area contributed by atoms with Gasteiger partial charge in [0.2, 0.25) is 0 Å². The van der Waals surface area contributed by atoms with Gasteiger partial charge in [0.05, 0.1) is 36.9 Å². The molecule has 0 fully saturated rings. The van der Waals surface area contributed by atoms with Gasteiger partial charge in [-0.25, -0.2) is 18.7 Å². The predicted octanol–water partition coefficient (Wildman–Crippen LogP) is 3.02. The Bertz CT molecular complexity index is 1010. The van der Waals surface area contributed by atoms with Crippen molar-refractivity contribution in [3.63, 3.8) is 0 Å². The lowest BCUT2D eigenvalue weighted by molar-refractivity contribution is -0.385. The van der Waals surface area contributed by atoms with Crippen LogP contribution in [0.1, 0.15) is 0 Å². The van der Waals surface area contributed by atoms with Gasteiger partial charge in [-0.05, 0) is 0 Å². The Morgan fingerprint density at radius 3 is 2.42 bits per heavy atom.